The number of aryl methyl sites for hydroxylation is 1. The van der Waals surface area contributed by atoms with Crippen molar-refractivity contribution in [3.63, 3.8) is 0 Å². The highest BCUT2D eigenvalue weighted by atomic mass is 32.2. The summed E-state index contributed by atoms with van der Waals surface area (Å²) in [6.07, 6.45) is 5.23. The van der Waals surface area contributed by atoms with E-state index in [9.17, 15) is 5.11 Å². The topological polar surface area (TPSA) is 38.1 Å². The van der Waals surface area contributed by atoms with Crippen molar-refractivity contribution in [2.75, 3.05) is 11.5 Å². The van der Waals surface area contributed by atoms with Gasteiger partial charge in [-0.3, -0.25) is 4.68 Å². The molecule has 1 N–H and O–H groups in total. The summed E-state index contributed by atoms with van der Waals surface area (Å²) < 4.78 is 1.89. The number of rotatable bonds is 7. The van der Waals surface area contributed by atoms with E-state index >= 15 is 0 Å². The molecule has 0 bridgehead atoms. The minimum Gasteiger partial charge on any atom is -0.393 e. The summed E-state index contributed by atoms with van der Waals surface area (Å²) in [4.78, 5) is 0. The lowest BCUT2D eigenvalue weighted by Crippen LogP contribution is -2.11. The average Bonchev–Trinajstić information content (AvgIpc) is 2.66. The average molecular weight is 228 g/mol. The van der Waals surface area contributed by atoms with Crippen LogP contribution < -0.4 is 0 Å². The maximum Gasteiger partial charge on any atom is 0.0589 e. The van der Waals surface area contributed by atoms with Crippen LogP contribution >= 0.6 is 11.8 Å². The van der Waals surface area contributed by atoms with Crippen LogP contribution in [0.15, 0.2) is 12.4 Å². The van der Waals surface area contributed by atoms with Crippen LogP contribution in [-0.2, 0) is 13.0 Å². The fourth-order valence-corrected chi connectivity index (χ4v) is 2.15. The molecule has 1 atom stereocenters. The van der Waals surface area contributed by atoms with Crippen LogP contribution in [0.1, 0.15) is 25.8 Å². The monoisotopic (exact) mass is 228 g/mol. The van der Waals surface area contributed by atoms with Crippen molar-refractivity contribution in [1.82, 2.24) is 9.78 Å². The zero-order valence-corrected chi connectivity index (χ0v) is 10.3. The van der Waals surface area contributed by atoms with Crippen molar-refractivity contribution in [2.24, 2.45) is 0 Å². The van der Waals surface area contributed by atoms with Gasteiger partial charge in [0, 0.05) is 19.2 Å². The van der Waals surface area contributed by atoms with E-state index < -0.39 is 0 Å². The van der Waals surface area contributed by atoms with Crippen LogP contribution in [0.5, 0.6) is 0 Å². The molecule has 0 radical (unpaired) electrons. The summed E-state index contributed by atoms with van der Waals surface area (Å²) in [5, 5.41) is 13.9. The molecule has 0 amide bonds. The van der Waals surface area contributed by atoms with Gasteiger partial charge in [-0.15, -0.1) is 0 Å². The highest BCUT2D eigenvalue weighted by Crippen LogP contribution is 2.09. The molecule has 86 valence electrons. The van der Waals surface area contributed by atoms with Crippen molar-refractivity contribution >= 4 is 11.8 Å². The predicted molar refractivity (Wildman–Crippen MR) is 65.2 cm³/mol. The summed E-state index contributed by atoms with van der Waals surface area (Å²) in [5.41, 5.74) is 1.13. The molecule has 3 nitrogen and oxygen atoms in total. The Labute approximate surface area is 95.9 Å². The standard InChI is InChI=1S/C11H20N2OS/c1-3-13-9-10(8-12-13)7-11(14)5-6-15-4-2/h8-9,11,14H,3-7H2,1-2H3. The molecule has 0 aliphatic heterocycles. The van der Waals surface area contributed by atoms with E-state index in [4.69, 9.17) is 0 Å². The molecular weight excluding hydrogens is 208 g/mol. The SMILES string of the molecule is CCSCCC(O)Cc1cnn(CC)c1. The maximum absolute atomic E-state index is 9.76. The largest absolute Gasteiger partial charge is 0.393 e. The van der Waals surface area contributed by atoms with Crippen molar-refractivity contribution in [2.45, 2.75) is 39.3 Å². The number of hydrogen-bond donors (Lipinski definition) is 1. The van der Waals surface area contributed by atoms with Crippen molar-refractivity contribution in [1.29, 1.82) is 0 Å². The lowest BCUT2D eigenvalue weighted by Gasteiger charge is -2.07. The first kappa shape index (κ1) is 12.6. The molecule has 1 unspecified atom stereocenters. The number of thioether (sulfide) groups is 1. The van der Waals surface area contributed by atoms with Crippen molar-refractivity contribution in [3.8, 4) is 0 Å². The summed E-state index contributed by atoms with van der Waals surface area (Å²) >= 11 is 1.88. The van der Waals surface area contributed by atoms with Gasteiger partial charge < -0.3 is 5.11 Å². The van der Waals surface area contributed by atoms with Gasteiger partial charge in [-0.1, -0.05) is 6.92 Å². The summed E-state index contributed by atoms with van der Waals surface area (Å²) in [6, 6.07) is 0. The van der Waals surface area contributed by atoms with Gasteiger partial charge in [-0.05, 0) is 30.4 Å². The van der Waals surface area contributed by atoms with Gasteiger partial charge in [0.25, 0.3) is 0 Å². The highest BCUT2D eigenvalue weighted by molar-refractivity contribution is 7.99. The van der Waals surface area contributed by atoms with Crippen molar-refractivity contribution in [3.05, 3.63) is 18.0 Å². The second-order valence-corrected chi connectivity index (χ2v) is 4.94. The van der Waals surface area contributed by atoms with Crippen LogP contribution in [0.25, 0.3) is 0 Å². The van der Waals surface area contributed by atoms with Gasteiger partial charge in [-0.25, -0.2) is 0 Å². The normalized spacial score (nSPS) is 13.0. The van der Waals surface area contributed by atoms with Gasteiger partial charge in [0.1, 0.15) is 0 Å². The van der Waals surface area contributed by atoms with Gasteiger partial charge >= 0.3 is 0 Å². The number of nitrogens with zero attached hydrogens (tertiary/aromatic N) is 2. The summed E-state index contributed by atoms with van der Waals surface area (Å²) in [6.45, 7) is 5.09. The lowest BCUT2D eigenvalue weighted by molar-refractivity contribution is 0.172. The molecule has 1 rings (SSSR count). The third kappa shape index (κ3) is 4.71. The van der Waals surface area contributed by atoms with E-state index in [0.29, 0.717) is 0 Å². The quantitative estimate of drug-likeness (QED) is 0.725. The van der Waals surface area contributed by atoms with Crippen LogP contribution in [0.4, 0.5) is 0 Å². The number of aliphatic hydroxyl groups excluding tert-OH is 1. The van der Waals surface area contributed by atoms with E-state index in [1.54, 1.807) is 0 Å². The highest BCUT2D eigenvalue weighted by Gasteiger charge is 2.06. The smallest absolute Gasteiger partial charge is 0.0589 e. The summed E-state index contributed by atoms with van der Waals surface area (Å²) in [5.74, 6) is 2.17. The minimum atomic E-state index is -0.224. The van der Waals surface area contributed by atoms with E-state index in [-0.39, 0.29) is 6.10 Å². The van der Waals surface area contributed by atoms with E-state index in [1.165, 1.54) is 0 Å². The zero-order valence-electron chi connectivity index (χ0n) is 9.52. The Morgan fingerprint density at radius 3 is 2.93 bits per heavy atom. The number of aromatic nitrogens is 2. The van der Waals surface area contributed by atoms with E-state index in [0.717, 1.165) is 36.5 Å². The molecule has 0 saturated carbocycles. The number of hydrogen-bond acceptors (Lipinski definition) is 3. The third-order valence-corrected chi connectivity index (χ3v) is 3.21. The van der Waals surface area contributed by atoms with Gasteiger partial charge in [-0.2, -0.15) is 16.9 Å². The molecule has 0 spiro atoms. The van der Waals surface area contributed by atoms with Gasteiger partial charge in [0.05, 0.1) is 12.3 Å². The first-order chi connectivity index (χ1) is 7.26. The van der Waals surface area contributed by atoms with Crippen LogP contribution in [0.3, 0.4) is 0 Å². The molecule has 1 aromatic rings. The lowest BCUT2D eigenvalue weighted by atomic mass is 10.1. The Balaban J connectivity index is 2.27. The van der Waals surface area contributed by atoms with Crippen LogP contribution in [0, 0.1) is 0 Å². The van der Waals surface area contributed by atoms with Crippen LogP contribution in [0.2, 0.25) is 0 Å². The molecule has 0 aliphatic carbocycles. The van der Waals surface area contributed by atoms with Gasteiger partial charge in [0.2, 0.25) is 0 Å². The molecule has 0 aliphatic rings. The maximum atomic E-state index is 9.76. The molecule has 0 saturated heterocycles. The molecule has 0 aromatic carbocycles. The molecule has 0 fully saturated rings. The van der Waals surface area contributed by atoms with Crippen LogP contribution in [-0.4, -0.2) is 32.5 Å². The predicted octanol–water partition coefficient (Wildman–Crippen LogP) is 1.95. The zero-order chi connectivity index (χ0) is 11.1. The second-order valence-electron chi connectivity index (χ2n) is 3.55. The Morgan fingerprint density at radius 2 is 2.33 bits per heavy atom. The summed E-state index contributed by atoms with van der Waals surface area (Å²) in [7, 11) is 0. The molecule has 1 aromatic heterocycles. The Bertz CT molecular complexity index is 275. The fourth-order valence-electron chi connectivity index (χ4n) is 1.42. The molecule has 15 heavy (non-hydrogen) atoms. The molecule has 4 heteroatoms. The Kier molecular flexibility index (Phi) is 5.79. The van der Waals surface area contributed by atoms with E-state index in [2.05, 4.69) is 18.9 Å². The minimum absolute atomic E-state index is 0.224. The number of aliphatic hydroxyl groups is 1. The first-order valence-corrected chi connectivity index (χ1v) is 6.68. The molecular formula is C11H20N2OS. The second kappa shape index (κ2) is 6.90. The Hall–Kier alpha value is -0.480. The third-order valence-electron chi connectivity index (χ3n) is 2.28. The van der Waals surface area contributed by atoms with Crippen molar-refractivity contribution < 1.29 is 5.11 Å². The fraction of sp³-hybridized carbons (Fsp3) is 0.727. The molecule has 1 heterocycles. The van der Waals surface area contributed by atoms with E-state index in [1.807, 2.05) is 28.8 Å². The Morgan fingerprint density at radius 1 is 1.53 bits per heavy atom. The van der Waals surface area contributed by atoms with Gasteiger partial charge in [0.15, 0.2) is 0 Å². The first-order valence-electron chi connectivity index (χ1n) is 5.53.